The smallest absolute Gasteiger partial charge is 0.137 e. The predicted molar refractivity (Wildman–Crippen MR) is 90.2 cm³/mol. The van der Waals surface area contributed by atoms with E-state index in [9.17, 15) is 0 Å². The van der Waals surface area contributed by atoms with E-state index in [0.29, 0.717) is 16.8 Å². The fraction of sp³-hybridized carbons (Fsp3) is 0.333. The third kappa shape index (κ3) is 3.99. The quantitative estimate of drug-likeness (QED) is 0.855. The van der Waals surface area contributed by atoms with Crippen molar-refractivity contribution >= 4 is 11.6 Å². The van der Waals surface area contributed by atoms with Crippen LogP contribution in [0.2, 0.25) is 5.02 Å². The van der Waals surface area contributed by atoms with Gasteiger partial charge in [-0.25, -0.2) is 0 Å². The van der Waals surface area contributed by atoms with E-state index in [-0.39, 0.29) is 0 Å². The summed E-state index contributed by atoms with van der Waals surface area (Å²) in [6, 6.07) is 12.9. The topological polar surface area (TPSA) is 21.3 Å². The van der Waals surface area contributed by atoms with Gasteiger partial charge in [-0.1, -0.05) is 55.3 Å². The molecule has 0 spiro atoms. The first kappa shape index (κ1) is 15.9. The lowest BCUT2D eigenvalue weighted by molar-refractivity contribution is 0.415. The summed E-state index contributed by atoms with van der Waals surface area (Å²) in [6.07, 6.45) is 0. The number of halogens is 1. The Kier molecular flexibility index (Phi) is 5.27. The highest BCUT2D eigenvalue weighted by Crippen LogP contribution is 2.32. The average molecular weight is 304 g/mol. The highest BCUT2D eigenvalue weighted by atomic mass is 35.5. The molecule has 0 aliphatic carbocycles. The summed E-state index contributed by atoms with van der Waals surface area (Å²) in [6.45, 7) is 7.25. The Morgan fingerprint density at radius 1 is 1.14 bits per heavy atom. The van der Waals surface area contributed by atoms with Gasteiger partial charge in [0.25, 0.3) is 0 Å². The molecule has 0 atom stereocenters. The van der Waals surface area contributed by atoms with Crippen molar-refractivity contribution in [1.29, 1.82) is 0 Å². The number of aryl methyl sites for hydroxylation is 1. The summed E-state index contributed by atoms with van der Waals surface area (Å²) in [7, 11) is 1.63. The number of methoxy groups -OCH3 is 1. The maximum absolute atomic E-state index is 6.26. The van der Waals surface area contributed by atoms with E-state index in [1.54, 1.807) is 7.11 Å². The maximum Gasteiger partial charge on any atom is 0.137 e. The Bertz CT molecular complexity index is 623. The number of ether oxygens (including phenoxy) is 1. The predicted octanol–water partition coefficient (Wildman–Crippen LogP) is 4.82. The van der Waals surface area contributed by atoms with Gasteiger partial charge in [0.1, 0.15) is 5.75 Å². The SMILES string of the molecule is COc1ccc(-c2cc(C)ccc2CNC(C)C)cc1Cl. The summed E-state index contributed by atoms with van der Waals surface area (Å²) in [5.74, 6) is 0.704. The van der Waals surface area contributed by atoms with Gasteiger partial charge in [-0.3, -0.25) is 0 Å². The molecule has 0 heterocycles. The van der Waals surface area contributed by atoms with Crippen LogP contribution < -0.4 is 10.1 Å². The highest BCUT2D eigenvalue weighted by Gasteiger charge is 2.09. The Balaban J connectivity index is 2.41. The lowest BCUT2D eigenvalue weighted by Crippen LogP contribution is -2.22. The van der Waals surface area contributed by atoms with Gasteiger partial charge in [0.15, 0.2) is 0 Å². The molecule has 2 aromatic rings. The second-order valence-electron chi connectivity index (χ2n) is 5.55. The Morgan fingerprint density at radius 3 is 2.52 bits per heavy atom. The molecule has 3 heteroatoms. The van der Waals surface area contributed by atoms with Crippen LogP contribution in [0.1, 0.15) is 25.0 Å². The van der Waals surface area contributed by atoms with Crippen molar-refractivity contribution in [3.63, 3.8) is 0 Å². The molecule has 0 saturated heterocycles. The van der Waals surface area contributed by atoms with E-state index in [2.05, 4.69) is 50.4 Å². The molecule has 21 heavy (non-hydrogen) atoms. The van der Waals surface area contributed by atoms with Gasteiger partial charge in [0.2, 0.25) is 0 Å². The third-order valence-corrected chi connectivity index (χ3v) is 3.72. The van der Waals surface area contributed by atoms with Crippen LogP contribution in [0.4, 0.5) is 0 Å². The van der Waals surface area contributed by atoms with Crippen LogP contribution in [-0.2, 0) is 6.54 Å². The zero-order chi connectivity index (χ0) is 15.4. The van der Waals surface area contributed by atoms with Gasteiger partial charge in [-0.05, 0) is 35.7 Å². The van der Waals surface area contributed by atoms with Crippen molar-refractivity contribution in [2.45, 2.75) is 33.4 Å². The van der Waals surface area contributed by atoms with E-state index in [1.165, 1.54) is 16.7 Å². The minimum atomic E-state index is 0.457. The van der Waals surface area contributed by atoms with Crippen molar-refractivity contribution < 1.29 is 4.74 Å². The molecule has 2 nitrogen and oxygen atoms in total. The van der Waals surface area contributed by atoms with Crippen molar-refractivity contribution in [2.75, 3.05) is 7.11 Å². The zero-order valence-corrected chi connectivity index (χ0v) is 13.8. The van der Waals surface area contributed by atoms with Gasteiger partial charge in [-0.2, -0.15) is 0 Å². The van der Waals surface area contributed by atoms with Crippen molar-refractivity contribution in [2.24, 2.45) is 0 Å². The van der Waals surface area contributed by atoms with Gasteiger partial charge in [0.05, 0.1) is 12.1 Å². The second kappa shape index (κ2) is 6.97. The van der Waals surface area contributed by atoms with Gasteiger partial charge < -0.3 is 10.1 Å². The molecule has 112 valence electrons. The molecule has 0 unspecified atom stereocenters. The van der Waals surface area contributed by atoms with Crippen molar-refractivity contribution in [3.05, 3.63) is 52.5 Å². The molecule has 0 aromatic heterocycles. The summed E-state index contributed by atoms with van der Waals surface area (Å²) in [4.78, 5) is 0. The van der Waals surface area contributed by atoms with Gasteiger partial charge >= 0.3 is 0 Å². The summed E-state index contributed by atoms with van der Waals surface area (Å²) in [5, 5.41) is 4.11. The summed E-state index contributed by atoms with van der Waals surface area (Å²) >= 11 is 6.26. The van der Waals surface area contributed by atoms with E-state index in [1.807, 2.05) is 12.1 Å². The summed E-state index contributed by atoms with van der Waals surface area (Å²) in [5.41, 5.74) is 4.85. The minimum absolute atomic E-state index is 0.457. The largest absolute Gasteiger partial charge is 0.495 e. The number of hydrogen-bond donors (Lipinski definition) is 1. The van der Waals surface area contributed by atoms with Crippen LogP contribution >= 0.6 is 11.6 Å². The van der Waals surface area contributed by atoms with E-state index in [4.69, 9.17) is 16.3 Å². The third-order valence-electron chi connectivity index (χ3n) is 3.43. The highest BCUT2D eigenvalue weighted by molar-refractivity contribution is 6.32. The molecule has 0 saturated carbocycles. The number of nitrogens with one attached hydrogen (secondary N) is 1. The molecule has 0 bridgehead atoms. The van der Waals surface area contributed by atoms with Crippen molar-refractivity contribution in [3.8, 4) is 16.9 Å². The van der Waals surface area contributed by atoms with Gasteiger partial charge in [0, 0.05) is 12.6 Å². The van der Waals surface area contributed by atoms with Crippen LogP contribution in [0.25, 0.3) is 11.1 Å². The van der Waals surface area contributed by atoms with E-state index < -0.39 is 0 Å². The van der Waals surface area contributed by atoms with Gasteiger partial charge in [-0.15, -0.1) is 0 Å². The fourth-order valence-electron chi connectivity index (χ4n) is 2.26. The normalized spacial score (nSPS) is 11.0. The van der Waals surface area contributed by atoms with Crippen LogP contribution in [0.3, 0.4) is 0 Å². The molecule has 0 aliphatic heterocycles. The van der Waals surface area contributed by atoms with Crippen LogP contribution in [0, 0.1) is 6.92 Å². The average Bonchev–Trinajstić information content (AvgIpc) is 2.45. The Hall–Kier alpha value is -1.51. The number of rotatable bonds is 5. The first-order valence-electron chi connectivity index (χ1n) is 7.18. The van der Waals surface area contributed by atoms with Crippen LogP contribution in [0.5, 0.6) is 5.75 Å². The van der Waals surface area contributed by atoms with E-state index in [0.717, 1.165) is 12.1 Å². The molecule has 0 fully saturated rings. The monoisotopic (exact) mass is 303 g/mol. The molecular weight excluding hydrogens is 282 g/mol. The molecule has 0 amide bonds. The molecule has 1 N–H and O–H groups in total. The lowest BCUT2D eigenvalue weighted by atomic mass is 9.97. The molecule has 2 rings (SSSR count). The first-order chi connectivity index (χ1) is 10.0. The maximum atomic E-state index is 6.26. The first-order valence-corrected chi connectivity index (χ1v) is 7.56. The zero-order valence-electron chi connectivity index (χ0n) is 13.0. The number of benzene rings is 2. The Morgan fingerprint density at radius 2 is 1.90 bits per heavy atom. The summed E-state index contributed by atoms with van der Waals surface area (Å²) < 4.78 is 5.22. The van der Waals surface area contributed by atoms with E-state index >= 15 is 0 Å². The second-order valence-corrected chi connectivity index (χ2v) is 5.95. The van der Waals surface area contributed by atoms with Crippen LogP contribution in [-0.4, -0.2) is 13.2 Å². The fourth-order valence-corrected chi connectivity index (χ4v) is 2.52. The standard InChI is InChI=1S/C18H22ClNO/c1-12(2)20-11-15-6-5-13(3)9-16(15)14-7-8-18(21-4)17(19)10-14/h5-10,12,20H,11H2,1-4H3. The van der Waals surface area contributed by atoms with Crippen LogP contribution in [0.15, 0.2) is 36.4 Å². The molecule has 0 radical (unpaired) electrons. The molecule has 2 aromatic carbocycles. The lowest BCUT2D eigenvalue weighted by Gasteiger charge is -2.14. The number of hydrogen-bond acceptors (Lipinski definition) is 2. The molecule has 0 aliphatic rings. The van der Waals surface area contributed by atoms with Crippen molar-refractivity contribution in [1.82, 2.24) is 5.32 Å². The Labute approximate surface area is 132 Å². The minimum Gasteiger partial charge on any atom is -0.495 e. The molecular formula is C18H22ClNO.